The van der Waals surface area contributed by atoms with E-state index in [1.165, 1.54) is 0 Å². The molecular weight excluding hydrogens is 246 g/mol. The number of hydrogen-bond donors (Lipinski definition) is 1. The monoisotopic (exact) mass is 249 g/mol. The van der Waals surface area contributed by atoms with Gasteiger partial charge in [-0.1, -0.05) is 12.2 Å². The minimum Gasteiger partial charge on any atom is -0.344 e. The molecule has 1 N–H and O–H groups in total. The van der Waals surface area contributed by atoms with Gasteiger partial charge in [0.05, 0.1) is 9.21 Å². The Labute approximate surface area is 70.8 Å². The predicted molar refractivity (Wildman–Crippen MR) is 46.3 cm³/mol. The highest BCUT2D eigenvalue weighted by Gasteiger charge is 1.92. The Hall–Kier alpha value is -0.0200. The molecule has 0 radical (unpaired) electrons. The number of allylic oxidation sites excluding steroid dienone is 4. The molecule has 0 unspecified atom stereocenters. The molecule has 48 valence electrons. The van der Waals surface area contributed by atoms with Gasteiger partial charge in [-0.25, -0.2) is 0 Å². The highest BCUT2D eigenvalue weighted by molar-refractivity contribution is 9.12. The molecule has 1 nitrogen and oxygen atoms in total. The van der Waals surface area contributed by atoms with Gasteiger partial charge in [0.15, 0.2) is 0 Å². The summed E-state index contributed by atoms with van der Waals surface area (Å²) in [4.78, 5) is 0. The number of nitrogens with one attached hydrogen (secondary N) is 1. The lowest BCUT2D eigenvalue weighted by atomic mass is 10.5. The Morgan fingerprint density at radius 2 is 1.44 bits per heavy atom. The highest BCUT2D eigenvalue weighted by atomic mass is 79.9. The Kier molecular flexibility index (Phi) is 2.54. The summed E-state index contributed by atoms with van der Waals surface area (Å²) in [6, 6.07) is 0. The number of halogens is 2. The van der Waals surface area contributed by atoms with Crippen LogP contribution in [0.5, 0.6) is 0 Å². The van der Waals surface area contributed by atoms with E-state index >= 15 is 0 Å². The summed E-state index contributed by atoms with van der Waals surface area (Å²) in [6.45, 7) is 0. The molecule has 9 heavy (non-hydrogen) atoms. The smallest absolute Gasteiger partial charge is 0.0827 e. The van der Waals surface area contributed by atoms with Gasteiger partial charge >= 0.3 is 0 Å². The highest BCUT2D eigenvalue weighted by Crippen LogP contribution is 2.11. The van der Waals surface area contributed by atoms with E-state index in [0.29, 0.717) is 0 Å². The molecule has 0 aromatic heterocycles. The van der Waals surface area contributed by atoms with Crippen molar-refractivity contribution in [3.63, 3.8) is 0 Å². The van der Waals surface area contributed by atoms with Crippen molar-refractivity contribution in [3.8, 4) is 0 Å². The van der Waals surface area contributed by atoms with Crippen molar-refractivity contribution in [3.05, 3.63) is 33.5 Å². The molecule has 0 aliphatic carbocycles. The van der Waals surface area contributed by atoms with Gasteiger partial charge in [0, 0.05) is 0 Å². The second-order valence-electron chi connectivity index (χ2n) is 1.54. The number of hydrogen-bond acceptors (Lipinski definition) is 1. The fourth-order valence-corrected chi connectivity index (χ4v) is 1.48. The summed E-state index contributed by atoms with van der Waals surface area (Å²) in [5.41, 5.74) is 0. The summed E-state index contributed by atoms with van der Waals surface area (Å²) in [6.07, 6.45) is 7.77. The average molecular weight is 251 g/mol. The molecule has 1 rings (SSSR count). The SMILES string of the molecule is BrC1=CC=CC=C(Br)N1. The maximum atomic E-state index is 3.31. The zero-order valence-corrected chi connectivity index (χ0v) is 7.74. The minimum atomic E-state index is 0.958. The molecule has 0 amide bonds. The molecule has 0 atom stereocenters. The Bertz CT molecular complexity index is 171. The van der Waals surface area contributed by atoms with Gasteiger partial charge in [-0.3, -0.25) is 0 Å². The van der Waals surface area contributed by atoms with Crippen molar-refractivity contribution in [1.82, 2.24) is 5.32 Å². The van der Waals surface area contributed by atoms with Crippen LogP contribution in [0.15, 0.2) is 33.5 Å². The first-order chi connectivity index (χ1) is 4.29. The topological polar surface area (TPSA) is 12.0 Å². The number of rotatable bonds is 0. The van der Waals surface area contributed by atoms with E-state index in [2.05, 4.69) is 37.2 Å². The van der Waals surface area contributed by atoms with E-state index in [9.17, 15) is 0 Å². The van der Waals surface area contributed by atoms with Crippen LogP contribution >= 0.6 is 31.9 Å². The quantitative estimate of drug-likeness (QED) is 0.652. The van der Waals surface area contributed by atoms with Gasteiger partial charge < -0.3 is 5.32 Å². The fourth-order valence-electron chi connectivity index (χ4n) is 0.477. The maximum absolute atomic E-state index is 3.31. The van der Waals surface area contributed by atoms with E-state index in [-0.39, 0.29) is 0 Å². The summed E-state index contributed by atoms with van der Waals surface area (Å²) < 4.78 is 1.92. The molecular formula is C6H5Br2N. The van der Waals surface area contributed by atoms with Crippen molar-refractivity contribution in [2.75, 3.05) is 0 Å². The van der Waals surface area contributed by atoms with Crippen LogP contribution in [0.3, 0.4) is 0 Å². The third kappa shape index (κ3) is 2.37. The molecule has 0 aromatic rings. The predicted octanol–water partition coefficient (Wildman–Crippen LogP) is 2.62. The molecule has 0 bridgehead atoms. The van der Waals surface area contributed by atoms with Gasteiger partial charge in [-0.15, -0.1) is 0 Å². The van der Waals surface area contributed by atoms with Crippen LogP contribution in [0.1, 0.15) is 0 Å². The molecule has 3 heteroatoms. The summed E-state index contributed by atoms with van der Waals surface area (Å²) in [5, 5.41) is 3.03. The summed E-state index contributed by atoms with van der Waals surface area (Å²) in [5.74, 6) is 0. The largest absolute Gasteiger partial charge is 0.344 e. The van der Waals surface area contributed by atoms with Crippen LogP contribution in [0.4, 0.5) is 0 Å². The normalized spacial score (nSPS) is 17.6. The van der Waals surface area contributed by atoms with Crippen molar-refractivity contribution in [2.45, 2.75) is 0 Å². The maximum Gasteiger partial charge on any atom is 0.0827 e. The lowest BCUT2D eigenvalue weighted by molar-refractivity contribution is 1.16. The second-order valence-corrected chi connectivity index (χ2v) is 3.25. The van der Waals surface area contributed by atoms with Gasteiger partial charge in [-0.05, 0) is 44.0 Å². The van der Waals surface area contributed by atoms with Crippen LogP contribution < -0.4 is 5.32 Å². The van der Waals surface area contributed by atoms with E-state index in [1.807, 2.05) is 24.3 Å². The first kappa shape index (κ1) is 7.09. The zero-order valence-electron chi connectivity index (χ0n) is 4.57. The van der Waals surface area contributed by atoms with Crippen LogP contribution in [0, 0.1) is 0 Å². The molecule has 0 saturated heterocycles. The first-order valence-corrected chi connectivity index (χ1v) is 4.04. The average Bonchev–Trinajstić information content (AvgIpc) is 1.93. The molecule has 1 heterocycles. The van der Waals surface area contributed by atoms with Crippen LogP contribution in [-0.2, 0) is 0 Å². The van der Waals surface area contributed by atoms with Crippen molar-refractivity contribution in [2.24, 2.45) is 0 Å². The molecule has 0 spiro atoms. The third-order valence-corrected chi connectivity index (χ3v) is 1.76. The lowest BCUT2D eigenvalue weighted by Gasteiger charge is -1.98. The molecule has 0 saturated carbocycles. The van der Waals surface area contributed by atoms with Gasteiger partial charge in [0.1, 0.15) is 0 Å². The van der Waals surface area contributed by atoms with Crippen LogP contribution in [0.25, 0.3) is 0 Å². The van der Waals surface area contributed by atoms with Gasteiger partial charge in [0.25, 0.3) is 0 Å². The Morgan fingerprint density at radius 3 is 1.89 bits per heavy atom. The Morgan fingerprint density at radius 1 is 1.00 bits per heavy atom. The molecule has 0 aromatic carbocycles. The van der Waals surface area contributed by atoms with E-state index in [0.717, 1.165) is 9.21 Å². The molecule has 0 fully saturated rings. The second kappa shape index (κ2) is 3.22. The van der Waals surface area contributed by atoms with E-state index in [4.69, 9.17) is 0 Å². The van der Waals surface area contributed by atoms with Crippen molar-refractivity contribution in [1.29, 1.82) is 0 Å². The van der Waals surface area contributed by atoms with Crippen LogP contribution in [-0.4, -0.2) is 0 Å². The fraction of sp³-hybridized carbons (Fsp3) is 0. The minimum absolute atomic E-state index is 0.958. The standard InChI is InChI=1S/C6H5Br2N/c7-5-3-1-2-4-6(8)9-5/h1-4,9H. The van der Waals surface area contributed by atoms with Gasteiger partial charge in [0.2, 0.25) is 0 Å². The van der Waals surface area contributed by atoms with Crippen molar-refractivity contribution < 1.29 is 0 Å². The van der Waals surface area contributed by atoms with E-state index < -0.39 is 0 Å². The van der Waals surface area contributed by atoms with Gasteiger partial charge in [-0.2, -0.15) is 0 Å². The van der Waals surface area contributed by atoms with Crippen LogP contribution in [0.2, 0.25) is 0 Å². The molecule has 1 aliphatic rings. The Balaban J connectivity index is 2.77. The molecule has 1 aliphatic heterocycles. The summed E-state index contributed by atoms with van der Waals surface area (Å²) >= 11 is 6.61. The lowest BCUT2D eigenvalue weighted by Crippen LogP contribution is -2.01. The zero-order chi connectivity index (χ0) is 6.69. The van der Waals surface area contributed by atoms with Crippen molar-refractivity contribution >= 4 is 31.9 Å². The first-order valence-electron chi connectivity index (χ1n) is 2.46. The summed E-state index contributed by atoms with van der Waals surface area (Å²) in [7, 11) is 0. The third-order valence-electron chi connectivity index (χ3n) is 0.835. The van der Waals surface area contributed by atoms with E-state index in [1.54, 1.807) is 0 Å².